The van der Waals surface area contributed by atoms with E-state index in [2.05, 4.69) is 293 Å². The molecule has 0 fully saturated rings. The Morgan fingerprint density at radius 3 is 0.986 bits per heavy atom. The zero-order valence-electron chi connectivity index (χ0n) is 41.4. The molecule has 0 saturated heterocycles. The molecule has 0 aromatic heterocycles. The summed E-state index contributed by atoms with van der Waals surface area (Å²) in [5.74, 6) is 0. The van der Waals surface area contributed by atoms with Crippen molar-refractivity contribution in [2.24, 2.45) is 0 Å². The van der Waals surface area contributed by atoms with Crippen LogP contribution in [0.2, 0.25) is 0 Å². The topological polar surface area (TPSA) is 9.72 Å². The van der Waals surface area contributed by atoms with Crippen molar-refractivity contribution >= 4 is 51.2 Å². The summed E-state index contributed by atoms with van der Waals surface area (Å²) in [7, 11) is 0. The van der Waals surface area contributed by atoms with Gasteiger partial charge in [-0.25, -0.2) is 0 Å². The Balaban J connectivity index is 1.06. The first-order valence-corrected chi connectivity index (χ1v) is 24.9. The summed E-state index contributed by atoms with van der Waals surface area (Å²) in [6.07, 6.45) is 0. The van der Waals surface area contributed by atoms with Gasteiger partial charge in [0.05, 0.1) is 0 Å². The highest BCUT2D eigenvalue weighted by Gasteiger charge is 2.37. The molecule has 0 heterocycles. The first kappa shape index (κ1) is 43.9. The number of para-hydroxylation sites is 2. The lowest BCUT2D eigenvalue weighted by Crippen LogP contribution is -2.17. The van der Waals surface area contributed by atoms with Crippen molar-refractivity contribution in [3.05, 3.63) is 270 Å². The third kappa shape index (κ3) is 7.61. The largest absolute Gasteiger partial charge is 0.311 e. The molecule has 0 saturated carbocycles. The zero-order valence-corrected chi connectivity index (χ0v) is 41.4. The quantitative estimate of drug-likeness (QED) is 0.135. The monoisotopic (exact) mass is 915 g/mol. The Morgan fingerprint density at radius 1 is 0.239 bits per heavy atom. The molecule has 0 unspecified atom stereocenters. The molecule has 71 heavy (non-hydrogen) atoms. The molecule has 12 rings (SSSR count). The van der Waals surface area contributed by atoms with E-state index < -0.39 is 0 Å². The summed E-state index contributed by atoms with van der Waals surface area (Å²) in [5, 5.41) is 0. The Labute approximate surface area is 419 Å². The summed E-state index contributed by atoms with van der Waals surface area (Å²) >= 11 is 0. The highest BCUT2D eigenvalue weighted by molar-refractivity contribution is 5.91. The second-order valence-corrected chi connectivity index (χ2v) is 20.4. The highest BCUT2D eigenvalue weighted by Crippen LogP contribution is 2.53. The fourth-order valence-corrected chi connectivity index (χ4v) is 11.4. The minimum Gasteiger partial charge on any atom is -0.311 e. The van der Waals surface area contributed by atoms with Crippen LogP contribution < -0.4 is 14.7 Å². The lowest BCUT2D eigenvalue weighted by molar-refractivity contribution is 0.660. The van der Waals surface area contributed by atoms with E-state index in [4.69, 9.17) is 0 Å². The number of benzene rings is 10. The smallest absolute Gasteiger partial charge is 0.0488 e. The summed E-state index contributed by atoms with van der Waals surface area (Å²) in [6, 6.07) is 87.6. The summed E-state index contributed by atoms with van der Waals surface area (Å²) < 4.78 is 0. The average molecular weight is 916 g/mol. The first-order valence-electron chi connectivity index (χ1n) is 24.9. The molecule has 3 nitrogen and oxygen atoms in total. The molecule has 2 aliphatic rings. The Morgan fingerprint density at radius 2 is 0.563 bits per heavy atom. The maximum Gasteiger partial charge on any atom is 0.0488 e. The molecule has 2 aliphatic carbocycles. The summed E-state index contributed by atoms with van der Waals surface area (Å²) in [4.78, 5) is 7.24. The highest BCUT2D eigenvalue weighted by atomic mass is 15.2. The summed E-state index contributed by atoms with van der Waals surface area (Å²) in [6.45, 7) is 13.7. The van der Waals surface area contributed by atoms with Gasteiger partial charge < -0.3 is 14.7 Å². The second-order valence-electron chi connectivity index (χ2n) is 20.4. The molecular formula is C68H57N3. The minimum atomic E-state index is -0.158. The van der Waals surface area contributed by atoms with E-state index in [0.29, 0.717) is 0 Å². The van der Waals surface area contributed by atoms with Crippen LogP contribution in [0.1, 0.15) is 61.1 Å². The SMILES string of the molecule is Cc1ccc(N(c2ccc(C)cc2)c2ccc(-c3cc(N(c4ccccc4)c4ccc5c(c4)C(C)(C)c4ccccc4-5)cc(N(c4ccccc4)c4ccc5c(c4)C(C)(C)c4ccccc4-5)c3)cc2)cc1. The molecule has 10 aromatic rings. The number of fused-ring (bicyclic) bond motifs is 6. The number of rotatable bonds is 10. The van der Waals surface area contributed by atoms with Crippen molar-refractivity contribution in [3.8, 4) is 33.4 Å². The van der Waals surface area contributed by atoms with Crippen LogP contribution >= 0.6 is 0 Å². The average Bonchev–Trinajstić information content (AvgIpc) is 3.77. The first-order chi connectivity index (χ1) is 34.5. The molecular weight excluding hydrogens is 859 g/mol. The van der Waals surface area contributed by atoms with E-state index in [-0.39, 0.29) is 10.8 Å². The number of anilines is 9. The Hall–Kier alpha value is -8.40. The van der Waals surface area contributed by atoms with E-state index in [1.807, 2.05) is 0 Å². The Kier molecular flexibility index (Phi) is 10.6. The van der Waals surface area contributed by atoms with Crippen LogP contribution in [-0.4, -0.2) is 0 Å². The van der Waals surface area contributed by atoms with Crippen LogP contribution in [0.5, 0.6) is 0 Å². The van der Waals surface area contributed by atoms with Gasteiger partial charge in [-0.3, -0.25) is 0 Å². The molecule has 0 radical (unpaired) electrons. The standard InChI is InChI=1S/C68H57N3/c1-46-25-31-52(32-26-46)69(53-33-27-47(2)28-34-53)54-35-29-48(30-36-54)49-41-57(70(50-17-9-7-10-18-50)55-37-39-61-59-21-13-15-23-63(59)67(3,4)65(61)44-55)43-58(42-49)71(51-19-11-8-12-20-51)56-38-40-62-60-22-14-16-24-64(60)68(5,6)66(62)45-56/h7-45H,1-6H3. The molecule has 10 aromatic carbocycles. The van der Waals surface area contributed by atoms with Crippen molar-refractivity contribution in [1.82, 2.24) is 0 Å². The third-order valence-corrected chi connectivity index (χ3v) is 15.1. The van der Waals surface area contributed by atoms with Gasteiger partial charge in [0.2, 0.25) is 0 Å². The van der Waals surface area contributed by atoms with Gasteiger partial charge in [-0.15, -0.1) is 0 Å². The third-order valence-electron chi connectivity index (χ3n) is 15.1. The predicted molar refractivity (Wildman–Crippen MR) is 301 cm³/mol. The molecule has 0 atom stereocenters. The second kappa shape index (κ2) is 17.2. The van der Waals surface area contributed by atoms with Gasteiger partial charge in [0.15, 0.2) is 0 Å². The van der Waals surface area contributed by atoms with Gasteiger partial charge in [-0.1, -0.05) is 172 Å². The normalized spacial score (nSPS) is 13.4. The van der Waals surface area contributed by atoms with Crippen molar-refractivity contribution in [3.63, 3.8) is 0 Å². The van der Waals surface area contributed by atoms with Crippen LogP contribution in [0.3, 0.4) is 0 Å². The molecule has 0 bridgehead atoms. The van der Waals surface area contributed by atoms with Crippen molar-refractivity contribution in [2.45, 2.75) is 52.4 Å². The number of nitrogens with zero attached hydrogens (tertiary/aromatic N) is 3. The van der Waals surface area contributed by atoms with E-state index in [1.54, 1.807) is 0 Å². The fraction of sp³-hybridized carbons (Fsp3) is 0.118. The number of aryl methyl sites for hydroxylation is 2. The molecule has 3 heteroatoms. The molecule has 0 spiro atoms. The predicted octanol–water partition coefficient (Wildman–Crippen LogP) is 19.0. The van der Waals surface area contributed by atoms with Gasteiger partial charge in [-0.05, 0) is 173 Å². The van der Waals surface area contributed by atoms with E-state index in [9.17, 15) is 0 Å². The van der Waals surface area contributed by atoms with Gasteiger partial charge in [0, 0.05) is 62.0 Å². The van der Waals surface area contributed by atoms with Gasteiger partial charge in [-0.2, -0.15) is 0 Å². The zero-order chi connectivity index (χ0) is 48.4. The molecule has 0 N–H and O–H groups in total. The maximum absolute atomic E-state index is 2.45. The van der Waals surface area contributed by atoms with Gasteiger partial charge >= 0.3 is 0 Å². The van der Waals surface area contributed by atoms with Gasteiger partial charge in [0.1, 0.15) is 0 Å². The van der Waals surface area contributed by atoms with Crippen LogP contribution in [0.15, 0.2) is 237 Å². The van der Waals surface area contributed by atoms with E-state index in [1.165, 1.54) is 55.6 Å². The fourth-order valence-electron chi connectivity index (χ4n) is 11.4. The maximum atomic E-state index is 2.45. The van der Waals surface area contributed by atoms with Crippen molar-refractivity contribution in [2.75, 3.05) is 14.7 Å². The molecule has 0 aliphatic heterocycles. The number of hydrogen-bond donors (Lipinski definition) is 0. The molecule has 0 amide bonds. The van der Waals surface area contributed by atoms with Crippen molar-refractivity contribution in [1.29, 1.82) is 0 Å². The van der Waals surface area contributed by atoms with E-state index >= 15 is 0 Å². The lowest BCUT2D eigenvalue weighted by atomic mass is 9.82. The lowest BCUT2D eigenvalue weighted by Gasteiger charge is -2.32. The molecule has 344 valence electrons. The van der Waals surface area contributed by atoms with Crippen LogP contribution in [0.25, 0.3) is 33.4 Å². The van der Waals surface area contributed by atoms with Gasteiger partial charge in [0.25, 0.3) is 0 Å². The number of hydrogen-bond acceptors (Lipinski definition) is 3. The minimum absolute atomic E-state index is 0.158. The van der Waals surface area contributed by atoms with Crippen LogP contribution in [0.4, 0.5) is 51.2 Å². The van der Waals surface area contributed by atoms with Crippen molar-refractivity contribution < 1.29 is 0 Å². The summed E-state index contributed by atoms with van der Waals surface area (Å²) in [5.41, 5.74) is 24.9. The van der Waals surface area contributed by atoms with Crippen LogP contribution in [-0.2, 0) is 10.8 Å². The van der Waals surface area contributed by atoms with E-state index in [0.717, 1.165) is 62.3 Å². The van der Waals surface area contributed by atoms with Crippen LogP contribution in [0, 0.1) is 13.8 Å². The Bertz CT molecular complexity index is 3380.